The van der Waals surface area contributed by atoms with E-state index in [-0.39, 0.29) is 0 Å². The third kappa shape index (κ3) is 4.05. The van der Waals surface area contributed by atoms with Crippen molar-refractivity contribution in [3.8, 4) is 0 Å². The van der Waals surface area contributed by atoms with Gasteiger partial charge >= 0.3 is 0 Å². The van der Waals surface area contributed by atoms with Gasteiger partial charge in [0.25, 0.3) is 0 Å². The van der Waals surface area contributed by atoms with Crippen molar-refractivity contribution in [2.24, 2.45) is 5.92 Å². The van der Waals surface area contributed by atoms with Gasteiger partial charge in [-0.15, -0.1) is 0 Å². The van der Waals surface area contributed by atoms with Crippen molar-refractivity contribution in [2.75, 3.05) is 51.5 Å². The van der Waals surface area contributed by atoms with Crippen LogP contribution < -0.4 is 10.6 Å². The molecule has 0 bridgehead atoms. The number of ether oxygens (including phenoxy) is 1. The normalized spacial score (nSPS) is 16.9. The fraction of sp³-hybridized carbons (Fsp3) is 0.714. The molecule has 0 amide bonds. The van der Waals surface area contributed by atoms with Crippen molar-refractivity contribution in [3.63, 3.8) is 0 Å². The van der Waals surface area contributed by atoms with Crippen molar-refractivity contribution in [1.29, 1.82) is 0 Å². The number of nitrogens with zero attached hydrogens (tertiary/aromatic N) is 4. The minimum absolute atomic E-state index is 0.398. The Kier molecular flexibility index (Phi) is 5.14. The fourth-order valence-electron chi connectivity index (χ4n) is 2.72. The second-order valence-electron chi connectivity index (χ2n) is 5.69. The SMILES string of the molecule is COCc1nc(N)cc(N2CCC(CN(C)C)CC2)n1. The summed E-state index contributed by atoms with van der Waals surface area (Å²) in [5.41, 5.74) is 5.85. The van der Waals surface area contributed by atoms with Crippen LogP contribution in [0.15, 0.2) is 6.07 Å². The van der Waals surface area contributed by atoms with Gasteiger partial charge in [-0.25, -0.2) is 9.97 Å². The Bertz CT molecular complexity index is 430. The summed E-state index contributed by atoms with van der Waals surface area (Å²) in [6.45, 7) is 3.62. The van der Waals surface area contributed by atoms with Crippen molar-refractivity contribution < 1.29 is 4.74 Å². The molecule has 20 heavy (non-hydrogen) atoms. The molecule has 1 aromatic heterocycles. The molecule has 1 fully saturated rings. The molecule has 112 valence electrons. The Morgan fingerprint density at radius 3 is 2.65 bits per heavy atom. The van der Waals surface area contributed by atoms with E-state index in [1.165, 1.54) is 12.8 Å². The highest BCUT2D eigenvalue weighted by molar-refractivity contribution is 5.47. The number of nitrogens with two attached hydrogens (primary N) is 1. The first-order valence-electron chi connectivity index (χ1n) is 7.10. The summed E-state index contributed by atoms with van der Waals surface area (Å²) in [5.74, 6) is 2.86. The average molecular weight is 279 g/mol. The maximum absolute atomic E-state index is 5.85. The van der Waals surface area contributed by atoms with Gasteiger partial charge in [-0.05, 0) is 32.9 Å². The van der Waals surface area contributed by atoms with Crippen LogP contribution in [0.1, 0.15) is 18.7 Å². The van der Waals surface area contributed by atoms with Gasteiger partial charge in [0.15, 0.2) is 5.82 Å². The highest BCUT2D eigenvalue weighted by Crippen LogP contribution is 2.23. The van der Waals surface area contributed by atoms with E-state index < -0.39 is 0 Å². The maximum atomic E-state index is 5.85. The van der Waals surface area contributed by atoms with Crippen LogP contribution in [0, 0.1) is 5.92 Å². The van der Waals surface area contributed by atoms with E-state index in [2.05, 4.69) is 33.9 Å². The number of rotatable bonds is 5. The Hall–Kier alpha value is -1.40. The number of anilines is 2. The van der Waals surface area contributed by atoms with E-state index in [4.69, 9.17) is 10.5 Å². The molecule has 2 heterocycles. The first-order valence-corrected chi connectivity index (χ1v) is 7.10. The third-order valence-corrected chi connectivity index (χ3v) is 3.61. The summed E-state index contributed by atoms with van der Waals surface area (Å²) in [5, 5.41) is 0. The van der Waals surface area contributed by atoms with Crippen LogP contribution in [0.2, 0.25) is 0 Å². The van der Waals surface area contributed by atoms with Gasteiger partial charge in [-0.3, -0.25) is 0 Å². The van der Waals surface area contributed by atoms with Crippen LogP contribution in [0.5, 0.6) is 0 Å². The molecule has 1 aliphatic rings. The summed E-state index contributed by atoms with van der Waals surface area (Å²) in [4.78, 5) is 13.3. The molecule has 2 rings (SSSR count). The fourth-order valence-corrected chi connectivity index (χ4v) is 2.72. The van der Waals surface area contributed by atoms with E-state index in [1.807, 2.05) is 6.07 Å². The van der Waals surface area contributed by atoms with Crippen molar-refractivity contribution in [2.45, 2.75) is 19.4 Å². The van der Waals surface area contributed by atoms with E-state index in [9.17, 15) is 0 Å². The average Bonchev–Trinajstić information content (AvgIpc) is 2.38. The van der Waals surface area contributed by atoms with Gasteiger partial charge in [-0.1, -0.05) is 0 Å². The van der Waals surface area contributed by atoms with Gasteiger partial charge in [0.1, 0.15) is 18.2 Å². The van der Waals surface area contributed by atoms with Crippen LogP contribution in [0.3, 0.4) is 0 Å². The largest absolute Gasteiger partial charge is 0.384 e. The summed E-state index contributed by atoms with van der Waals surface area (Å²) >= 11 is 0. The summed E-state index contributed by atoms with van der Waals surface area (Å²) in [6.07, 6.45) is 2.39. The minimum Gasteiger partial charge on any atom is -0.384 e. The topological polar surface area (TPSA) is 67.5 Å². The molecule has 0 unspecified atom stereocenters. The van der Waals surface area contributed by atoms with Gasteiger partial charge < -0.3 is 20.3 Å². The standard InChI is InChI=1S/C14H25N5O/c1-18(2)9-11-4-6-19(7-5-11)14-8-12(15)16-13(17-14)10-20-3/h8,11H,4-7,9-10H2,1-3H3,(H2,15,16,17). The molecule has 2 N–H and O–H groups in total. The maximum Gasteiger partial charge on any atom is 0.158 e. The molecule has 6 heteroatoms. The third-order valence-electron chi connectivity index (χ3n) is 3.61. The molecule has 0 radical (unpaired) electrons. The molecule has 1 aromatic rings. The van der Waals surface area contributed by atoms with Crippen LogP contribution in [0.4, 0.5) is 11.6 Å². The predicted octanol–water partition coefficient (Wildman–Crippen LogP) is 0.983. The van der Waals surface area contributed by atoms with Gasteiger partial charge in [0, 0.05) is 32.8 Å². The van der Waals surface area contributed by atoms with Gasteiger partial charge in [0.05, 0.1) is 0 Å². The van der Waals surface area contributed by atoms with Crippen molar-refractivity contribution >= 4 is 11.6 Å². The molecule has 0 aliphatic carbocycles. The molecule has 0 aromatic carbocycles. The minimum atomic E-state index is 0.398. The number of piperidine rings is 1. The smallest absolute Gasteiger partial charge is 0.158 e. The summed E-state index contributed by atoms with van der Waals surface area (Å²) in [7, 11) is 5.90. The Balaban J connectivity index is 1.99. The number of hydrogen-bond acceptors (Lipinski definition) is 6. The molecule has 0 saturated carbocycles. The molecule has 0 spiro atoms. The summed E-state index contributed by atoms with van der Waals surface area (Å²) in [6, 6.07) is 1.85. The molecule has 1 saturated heterocycles. The molecule has 1 aliphatic heterocycles. The van der Waals surface area contributed by atoms with Crippen molar-refractivity contribution in [1.82, 2.24) is 14.9 Å². The number of methoxy groups -OCH3 is 1. The first kappa shape index (κ1) is 15.0. The number of hydrogen-bond donors (Lipinski definition) is 1. The van der Waals surface area contributed by atoms with Crippen LogP contribution in [0.25, 0.3) is 0 Å². The second-order valence-corrected chi connectivity index (χ2v) is 5.69. The van der Waals surface area contributed by atoms with Gasteiger partial charge in [-0.2, -0.15) is 0 Å². The lowest BCUT2D eigenvalue weighted by atomic mass is 9.96. The summed E-state index contributed by atoms with van der Waals surface area (Å²) < 4.78 is 5.08. The zero-order valence-corrected chi connectivity index (χ0v) is 12.7. The lowest BCUT2D eigenvalue weighted by molar-refractivity contribution is 0.178. The van der Waals surface area contributed by atoms with Crippen molar-refractivity contribution in [3.05, 3.63) is 11.9 Å². The highest BCUT2D eigenvalue weighted by atomic mass is 16.5. The lowest BCUT2D eigenvalue weighted by Gasteiger charge is -2.34. The monoisotopic (exact) mass is 279 g/mol. The molecule has 0 atom stereocenters. The second kappa shape index (κ2) is 6.85. The predicted molar refractivity (Wildman–Crippen MR) is 80.6 cm³/mol. The van der Waals surface area contributed by atoms with E-state index in [0.717, 1.165) is 31.4 Å². The van der Waals surface area contributed by atoms with Crippen LogP contribution in [-0.4, -0.2) is 55.7 Å². The van der Waals surface area contributed by atoms with E-state index in [1.54, 1.807) is 7.11 Å². The zero-order chi connectivity index (χ0) is 14.5. The lowest BCUT2D eigenvalue weighted by Crippen LogP contribution is -2.37. The Morgan fingerprint density at radius 1 is 1.35 bits per heavy atom. The van der Waals surface area contributed by atoms with Crippen LogP contribution in [-0.2, 0) is 11.3 Å². The van der Waals surface area contributed by atoms with Gasteiger partial charge in [0.2, 0.25) is 0 Å². The molecular weight excluding hydrogens is 254 g/mol. The van der Waals surface area contributed by atoms with Crippen LogP contribution >= 0.6 is 0 Å². The number of nitrogen functional groups attached to an aromatic ring is 1. The highest BCUT2D eigenvalue weighted by Gasteiger charge is 2.21. The first-order chi connectivity index (χ1) is 9.58. The Morgan fingerprint density at radius 2 is 2.05 bits per heavy atom. The number of aromatic nitrogens is 2. The van der Waals surface area contributed by atoms with E-state index in [0.29, 0.717) is 18.2 Å². The molecule has 6 nitrogen and oxygen atoms in total. The quantitative estimate of drug-likeness (QED) is 0.867. The zero-order valence-electron chi connectivity index (χ0n) is 12.7. The Labute approximate surface area is 120 Å². The van der Waals surface area contributed by atoms with E-state index >= 15 is 0 Å². The molecular formula is C14H25N5O.